The van der Waals surface area contributed by atoms with Crippen LogP contribution in [0, 0.1) is 11.3 Å². The third-order valence-corrected chi connectivity index (χ3v) is 11.1. The van der Waals surface area contributed by atoms with Gasteiger partial charge in [0.15, 0.2) is 34.9 Å². The molecule has 0 N–H and O–H groups in total. The normalized spacial score (nSPS) is 11.1. The molecular weight excluding hydrogens is 719 g/mol. The van der Waals surface area contributed by atoms with Crippen LogP contribution in [0.3, 0.4) is 0 Å². The largest absolute Gasteiger partial charge is 0.208 e. The van der Waals surface area contributed by atoms with Crippen LogP contribution in [0.4, 0.5) is 0 Å². The van der Waals surface area contributed by atoms with Crippen molar-refractivity contribution in [1.82, 2.24) is 29.9 Å². The van der Waals surface area contributed by atoms with Gasteiger partial charge >= 0.3 is 0 Å². The molecule has 0 aliphatic carbocycles. The lowest BCUT2D eigenvalue weighted by molar-refractivity contribution is 1.07. The Morgan fingerprint density at radius 1 is 0.351 bits per heavy atom. The maximum Gasteiger partial charge on any atom is 0.165 e. The molecule has 0 aliphatic heterocycles. The maximum atomic E-state index is 9.23. The van der Waals surface area contributed by atoms with Crippen molar-refractivity contribution in [2.24, 2.45) is 0 Å². The second-order valence-corrected chi connectivity index (χ2v) is 14.5. The van der Waals surface area contributed by atoms with E-state index in [-0.39, 0.29) is 0 Å². The Balaban J connectivity index is 1.08. The maximum absolute atomic E-state index is 9.23. The van der Waals surface area contributed by atoms with Gasteiger partial charge in [0.05, 0.1) is 11.6 Å². The number of nitriles is 1. The lowest BCUT2D eigenvalue weighted by Gasteiger charge is -2.10. The number of hydrogen-bond donors (Lipinski definition) is 0. The molecule has 7 aromatic carbocycles. The molecule has 0 fully saturated rings. The van der Waals surface area contributed by atoms with Crippen LogP contribution in [-0.4, -0.2) is 29.9 Å². The van der Waals surface area contributed by atoms with Crippen molar-refractivity contribution < 1.29 is 0 Å². The van der Waals surface area contributed by atoms with Gasteiger partial charge in [-0.1, -0.05) is 152 Å². The van der Waals surface area contributed by atoms with Crippen molar-refractivity contribution in [2.75, 3.05) is 0 Å². The molecule has 10 rings (SSSR count). The summed E-state index contributed by atoms with van der Waals surface area (Å²) in [5.74, 6) is 3.66. The highest BCUT2D eigenvalue weighted by atomic mass is 32.1. The van der Waals surface area contributed by atoms with Crippen molar-refractivity contribution >= 4 is 31.5 Å². The molecule has 0 spiro atoms. The van der Waals surface area contributed by atoms with E-state index in [4.69, 9.17) is 29.9 Å². The van der Waals surface area contributed by atoms with Gasteiger partial charge in [-0.2, -0.15) is 5.26 Å². The van der Waals surface area contributed by atoms with Gasteiger partial charge in [-0.3, -0.25) is 0 Å². The summed E-state index contributed by atoms with van der Waals surface area (Å²) >= 11 is 1.71. The van der Waals surface area contributed by atoms with Gasteiger partial charge in [0.1, 0.15) is 0 Å². The zero-order valence-electron chi connectivity index (χ0n) is 30.3. The summed E-state index contributed by atoms with van der Waals surface area (Å²) in [5, 5.41) is 11.5. The summed E-state index contributed by atoms with van der Waals surface area (Å²) in [7, 11) is 0. The summed E-state index contributed by atoms with van der Waals surface area (Å²) in [6.45, 7) is 0. The molecule has 10 aromatic rings. The van der Waals surface area contributed by atoms with E-state index < -0.39 is 0 Å². The minimum Gasteiger partial charge on any atom is -0.208 e. The average Bonchev–Trinajstić information content (AvgIpc) is 3.68. The molecule has 8 heteroatoms. The highest BCUT2D eigenvalue weighted by Crippen LogP contribution is 2.41. The third kappa shape index (κ3) is 6.59. The van der Waals surface area contributed by atoms with Crippen molar-refractivity contribution in [1.29, 1.82) is 5.26 Å². The van der Waals surface area contributed by atoms with Crippen LogP contribution in [0.2, 0.25) is 0 Å². The van der Waals surface area contributed by atoms with Crippen molar-refractivity contribution in [3.63, 3.8) is 0 Å². The number of thiophene rings is 1. The third-order valence-electron chi connectivity index (χ3n) is 9.86. The zero-order valence-corrected chi connectivity index (χ0v) is 31.1. The summed E-state index contributed by atoms with van der Waals surface area (Å²) in [6, 6.07) is 60.8. The van der Waals surface area contributed by atoms with Gasteiger partial charge < -0.3 is 0 Å². The first-order valence-corrected chi connectivity index (χ1v) is 19.2. The van der Waals surface area contributed by atoms with E-state index in [9.17, 15) is 5.26 Å². The molecule has 0 saturated heterocycles. The molecule has 0 aliphatic rings. The average molecular weight is 748 g/mol. The van der Waals surface area contributed by atoms with Gasteiger partial charge in [0.25, 0.3) is 0 Å². The predicted octanol–water partition coefficient (Wildman–Crippen LogP) is 12.0. The van der Waals surface area contributed by atoms with E-state index in [1.165, 1.54) is 0 Å². The van der Waals surface area contributed by atoms with Crippen molar-refractivity contribution in [3.05, 3.63) is 181 Å². The standard InChI is InChI=1S/C49H29N7S/c50-30-31-19-21-32(22-20-31)33-23-25-37(26-24-33)47-52-46(36-15-8-3-9-16-36)55-49(56-47)41-18-10-17-40-39-28-27-38(29-42(39)57-43(40)41)48-53-44(34-11-4-1-5-12-34)51-45(54-48)35-13-6-2-7-14-35/h1-29H. The highest BCUT2D eigenvalue weighted by Gasteiger charge is 2.18. The molecule has 0 radical (unpaired) electrons. The van der Waals surface area contributed by atoms with Crippen LogP contribution in [0.25, 0.3) is 99.6 Å². The van der Waals surface area contributed by atoms with E-state index >= 15 is 0 Å². The summed E-state index contributed by atoms with van der Waals surface area (Å²) in [5.41, 5.74) is 8.20. The molecular formula is C49H29N7S. The second-order valence-electron chi connectivity index (χ2n) is 13.5. The van der Waals surface area contributed by atoms with Crippen molar-refractivity contribution in [2.45, 2.75) is 0 Å². The topological polar surface area (TPSA) is 101 Å². The Labute approximate surface area is 332 Å². The second kappa shape index (κ2) is 14.5. The first-order valence-electron chi connectivity index (χ1n) is 18.4. The Kier molecular flexibility index (Phi) is 8.60. The van der Waals surface area contributed by atoms with Gasteiger partial charge in [0, 0.05) is 53.6 Å². The smallest absolute Gasteiger partial charge is 0.165 e. The predicted molar refractivity (Wildman–Crippen MR) is 229 cm³/mol. The van der Waals surface area contributed by atoms with E-state index in [1.54, 1.807) is 11.3 Å². The van der Waals surface area contributed by atoms with E-state index in [1.807, 2.05) is 127 Å². The summed E-state index contributed by atoms with van der Waals surface area (Å²) < 4.78 is 2.19. The van der Waals surface area contributed by atoms with Crippen molar-refractivity contribution in [3.8, 4) is 85.5 Å². The molecule has 7 nitrogen and oxygen atoms in total. The SMILES string of the molecule is N#Cc1ccc(-c2ccc(-c3nc(-c4ccccc4)nc(-c4cccc5c4sc4cc(-c6nc(-c7ccccc7)nc(-c7ccccc7)n6)ccc45)n3)cc2)cc1. The molecule has 266 valence electrons. The monoisotopic (exact) mass is 747 g/mol. The molecule has 0 unspecified atom stereocenters. The van der Waals surface area contributed by atoms with Gasteiger partial charge in [-0.15, -0.1) is 11.3 Å². The Hall–Kier alpha value is -7.73. The van der Waals surface area contributed by atoms with Crippen LogP contribution in [0.1, 0.15) is 5.56 Å². The van der Waals surface area contributed by atoms with E-state index in [0.29, 0.717) is 40.5 Å². The Morgan fingerprint density at radius 2 is 0.772 bits per heavy atom. The highest BCUT2D eigenvalue weighted by molar-refractivity contribution is 7.26. The fourth-order valence-electron chi connectivity index (χ4n) is 6.94. The molecule has 0 bridgehead atoms. The fourth-order valence-corrected chi connectivity index (χ4v) is 8.19. The van der Waals surface area contributed by atoms with Gasteiger partial charge in [-0.05, 0) is 35.4 Å². The lowest BCUT2D eigenvalue weighted by Crippen LogP contribution is -2.00. The Bertz CT molecular complexity index is 3050. The molecule has 0 saturated carbocycles. The number of hydrogen-bond acceptors (Lipinski definition) is 8. The van der Waals surface area contributed by atoms with Crippen LogP contribution in [-0.2, 0) is 0 Å². The van der Waals surface area contributed by atoms with E-state index in [0.717, 1.165) is 64.7 Å². The minimum atomic E-state index is 0.587. The lowest BCUT2D eigenvalue weighted by atomic mass is 10.0. The Morgan fingerprint density at radius 3 is 1.28 bits per heavy atom. The van der Waals surface area contributed by atoms with E-state index in [2.05, 4.69) is 54.6 Å². The van der Waals surface area contributed by atoms with Gasteiger partial charge in [0.2, 0.25) is 0 Å². The number of benzene rings is 7. The van der Waals surface area contributed by atoms with Crippen LogP contribution < -0.4 is 0 Å². The number of nitrogens with zero attached hydrogens (tertiary/aromatic N) is 7. The summed E-state index contributed by atoms with van der Waals surface area (Å²) in [6.07, 6.45) is 0. The molecule has 0 amide bonds. The van der Waals surface area contributed by atoms with Crippen LogP contribution in [0.5, 0.6) is 0 Å². The quantitative estimate of drug-likeness (QED) is 0.160. The molecule has 0 atom stereocenters. The number of aromatic nitrogens is 6. The number of rotatable bonds is 7. The van der Waals surface area contributed by atoms with Gasteiger partial charge in [-0.25, -0.2) is 29.9 Å². The fraction of sp³-hybridized carbons (Fsp3) is 0. The first-order chi connectivity index (χ1) is 28.2. The van der Waals surface area contributed by atoms with Crippen LogP contribution >= 0.6 is 11.3 Å². The summed E-state index contributed by atoms with van der Waals surface area (Å²) in [4.78, 5) is 30.0. The zero-order chi connectivity index (χ0) is 38.1. The molecule has 57 heavy (non-hydrogen) atoms. The first kappa shape index (κ1) is 33.8. The molecule has 3 heterocycles. The molecule has 3 aromatic heterocycles. The minimum absolute atomic E-state index is 0.587. The van der Waals surface area contributed by atoms with Crippen LogP contribution in [0.15, 0.2) is 176 Å². The number of fused-ring (bicyclic) bond motifs is 3.